The molecule has 4 aromatic rings. The van der Waals surface area contributed by atoms with Crippen molar-refractivity contribution in [3.8, 4) is 11.5 Å². The summed E-state index contributed by atoms with van der Waals surface area (Å²) in [5, 5.41) is 10.6. The lowest BCUT2D eigenvalue weighted by Gasteiger charge is -2.26. The van der Waals surface area contributed by atoms with E-state index in [1.54, 1.807) is 16.9 Å². The Labute approximate surface area is 222 Å². The van der Waals surface area contributed by atoms with E-state index in [0.29, 0.717) is 23.7 Å². The molecule has 1 aliphatic heterocycles. The number of aromatic nitrogens is 2. The standard InChI is InChI=1S/C29H34N6O3/c1-21-26(33-29(36)37-18-8-17-34-15-6-3-7-16-34)20-35-28(21)27(25(30)19-31-35)32-22-11-13-24(14-12-22)38-23-9-4-2-5-10-23/h2,4-5,9-14,19-20,32H,3,6-8,15-18,30H2,1H3,(H,33,36). The minimum atomic E-state index is -0.473. The largest absolute Gasteiger partial charge is 0.457 e. The van der Waals surface area contributed by atoms with E-state index in [0.717, 1.165) is 54.3 Å². The number of nitrogen functional groups attached to an aromatic ring is 1. The highest BCUT2D eigenvalue weighted by Gasteiger charge is 2.17. The maximum Gasteiger partial charge on any atom is 0.411 e. The molecule has 2 aromatic carbocycles. The average Bonchev–Trinajstić information content (AvgIpc) is 3.25. The Morgan fingerprint density at radius 2 is 1.76 bits per heavy atom. The highest BCUT2D eigenvalue weighted by atomic mass is 16.5. The molecular formula is C29H34N6O3. The summed E-state index contributed by atoms with van der Waals surface area (Å²) in [6, 6.07) is 17.3. The number of nitrogens with zero attached hydrogens (tertiary/aromatic N) is 3. The number of nitrogens with two attached hydrogens (primary N) is 1. The quantitative estimate of drug-likeness (QED) is 0.229. The topological polar surface area (TPSA) is 106 Å². The van der Waals surface area contributed by atoms with Crippen LogP contribution in [0.4, 0.5) is 27.5 Å². The second kappa shape index (κ2) is 11.9. The van der Waals surface area contributed by atoms with E-state index in [9.17, 15) is 4.79 Å². The number of piperidine rings is 1. The van der Waals surface area contributed by atoms with Gasteiger partial charge in [0, 0.05) is 17.8 Å². The summed E-state index contributed by atoms with van der Waals surface area (Å²) >= 11 is 0. The highest BCUT2D eigenvalue weighted by molar-refractivity contribution is 5.94. The Bertz CT molecular complexity index is 1360. The van der Waals surface area contributed by atoms with E-state index in [1.807, 2.05) is 61.5 Å². The van der Waals surface area contributed by atoms with Crippen molar-refractivity contribution < 1.29 is 14.3 Å². The number of benzene rings is 2. The molecule has 5 rings (SSSR count). The number of anilines is 4. The molecule has 0 atom stereocenters. The van der Waals surface area contributed by atoms with Crippen LogP contribution in [0.5, 0.6) is 11.5 Å². The number of rotatable bonds is 9. The Morgan fingerprint density at radius 3 is 2.53 bits per heavy atom. The van der Waals surface area contributed by atoms with Crippen molar-refractivity contribution in [3.05, 3.63) is 72.6 Å². The molecule has 198 valence electrons. The van der Waals surface area contributed by atoms with Crippen molar-refractivity contribution >= 4 is 34.4 Å². The van der Waals surface area contributed by atoms with Crippen LogP contribution in [0.2, 0.25) is 0 Å². The van der Waals surface area contributed by atoms with Crippen molar-refractivity contribution in [2.45, 2.75) is 32.6 Å². The summed E-state index contributed by atoms with van der Waals surface area (Å²) in [6.07, 6.45) is 7.53. The zero-order valence-corrected chi connectivity index (χ0v) is 21.7. The van der Waals surface area contributed by atoms with Crippen molar-refractivity contribution in [2.75, 3.05) is 42.6 Å². The number of likely N-dealkylation sites (tertiary alicyclic amines) is 1. The van der Waals surface area contributed by atoms with Crippen LogP contribution in [0.25, 0.3) is 5.52 Å². The first-order valence-electron chi connectivity index (χ1n) is 13.1. The number of ether oxygens (including phenoxy) is 2. The van der Waals surface area contributed by atoms with Crippen LogP contribution in [-0.4, -0.2) is 46.8 Å². The second-order valence-electron chi connectivity index (χ2n) is 9.52. The van der Waals surface area contributed by atoms with Crippen LogP contribution in [0.3, 0.4) is 0 Å². The van der Waals surface area contributed by atoms with Crippen LogP contribution < -0.4 is 21.1 Å². The molecule has 9 heteroatoms. The van der Waals surface area contributed by atoms with Gasteiger partial charge in [-0.2, -0.15) is 5.10 Å². The van der Waals surface area contributed by atoms with Gasteiger partial charge in [0.2, 0.25) is 0 Å². The molecule has 0 saturated carbocycles. The summed E-state index contributed by atoms with van der Waals surface area (Å²) in [4.78, 5) is 14.9. The number of carbonyl (C=O) groups excluding carboxylic acids is 1. The summed E-state index contributed by atoms with van der Waals surface area (Å²) in [6.45, 7) is 5.54. The molecule has 1 amide bonds. The first kappa shape index (κ1) is 25.4. The van der Waals surface area contributed by atoms with Gasteiger partial charge < -0.3 is 25.4 Å². The van der Waals surface area contributed by atoms with Crippen molar-refractivity contribution in [1.29, 1.82) is 0 Å². The predicted molar refractivity (Wildman–Crippen MR) is 150 cm³/mol. The molecule has 1 fully saturated rings. The Hall–Kier alpha value is -4.24. The Balaban J connectivity index is 1.23. The zero-order chi connectivity index (χ0) is 26.3. The molecule has 0 bridgehead atoms. The number of fused-ring (bicyclic) bond motifs is 1. The summed E-state index contributed by atoms with van der Waals surface area (Å²) in [5.74, 6) is 1.51. The third-order valence-electron chi connectivity index (χ3n) is 6.73. The molecule has 38 heavy (non-hydrogen) atoms. The van der Waals surface area contributed by atoms with Gasteiger partial charge in [-0.25, -0.2) is 9.31 Å². The molecular weight excluding hydrogens is 480 g/mol. The lowest BCUT2D eigenvalue weighted by Crippen LogP contribution is -2.31. The molecule has 0 radical (unpaired) electrons. The van der Waals surface area contributed by atoms with Gasteiger partial charge in [0.1, 0.15) is 11.5 Å². The third-order valence-corrected chi connectivity index (χ3v) is 6.73. The van der Waals surface area contributed by atoms with Gasteiger partial charge in [0.25, 0.3) is 0 Å². The SMILES string of the molecule is Cc1c(NC(=O)OCCCN2CCCCC2)cn2ncc(N)c(Nc3ccc(Oc4ccccc4)cc3)c12. The van der Waals surface area contributed by atoms with Gasteiger partial charge in [0.15, 0.2) is 0 Å². The number of aryl methyl sites for hydroxylation is 1. The van der Waals surface area contributed by atoms with E-state index in [2.05, 4.69) is 20.6 Å². The number of amides is 1. The van der Waals surface area contributed by atoms with Crippen LogP contribution in [-0.2, 0) is 4.74 Å². The third kappa shape index (κ3) is 6.18. The summed E-state index contributed by atoms with van der Waals surface area (Å²) in [7, 11) is 0. The highest BCUT2D eigenvalue weighted by Crippen LogP contribution is 2.34. The maximum atomic E-state index is 12.5. The van der Waals surface area contributed by atoms with E-state index < -0.39 is 6.09 Å². The molecule has 1 aliphatic rings. The molecule has 0 spiro atoms. The van der Waals surface area contributed by atoms with Gasteiger partial charge in [-0.05, 0) is 75.7 Å². The zero-order valence-electron chi connectivity index (χ0n) is 21.7. The molecule has 1 saturated heterocycles. The lowest BCUT2D eigenvalue weighted by molar-refractivity contribution is 0.148. The van der Waals surface area contributed by atoms with Crippen LogP contribution in [0, 0.1) is 6.92 Å². The van der Waals surface area contributed by atoms with Gasteiger partial charge in [-0.15, -0.1) is 0 Å². The van der Waals surface area contributed by atoms with Crippen molar-refractivity contribution in [1.82, 2.24) is 14.5 Å². The van der Waals surface area contributed by atoms with Crippen LogP contribution in [0.15, 0.2) is 67.0 Å². The molecule has 9 nitrogen and oxygen atoms in total. The number of hydrogen-bond donors (Lipinski definition) is 3. The first-order valence-corrected chi connectivity index (χ1v) is 13.1. The fourth-order valence-electron chi connectivity index (χ4n) is 4.72. The van der Waals surface area contributed by atoms with Crippen molar-refractivity contribution in [2.24, 2.45) is 0 Å². The Kier molecular flexibility index (Phi) is 7.94. The van der Waals surface area contributed by atoms with Gasteiger partial charge in [-0.3, -0.25) is 5.32 Å². The number of nitrogens with one attached hydrogen (secondary N) is 2. The first-order chi connectivity index (χ1) is 18.6. The summed E-state index contributed by atoms with van der Waals surface area (Å²) in [5.41, 5.74) is 10.6. The van der Waals surface area contributed by atoms with Crippen LogP contribution >= 0.6 is 0 Å². The lowest BCUT2D eigenvalue weighted by atomic mass is 10.1. The summed E-state index contributed by atoms with van der Waals surface area (Å²) < 4.78 is 13.0. The van der Waals surface area contributed by atoms with E-state index in [-0.39, 0.29) is 0 Å². The van der Waals surface area contributed by atoms with Crippen molar-refractivity contribution in [3.63, 3.8) is 0 Å². The van der Waals surface area contributed by atoms with Gasteiger partial charge in [-0.1, -0.05) is 24.6 Å². The predicted octanol–water partition coefficient (Wildman–Crippen LogP) is 6.19. The minimum Gasteiger partial charge on any atom is -0.457 e. The number of hydrogen-bond acceptors (Lipinski definition) is 7. The average molecular weight is 515 g/mol. The van der Waals surface area contributed by atoms with Gasteiger partial charge in [0.05, 0.1) is 41.6 Å². The molecule has 0 unspecified atom stereocenters. The molecule has 2 aromatic heterocycles. The minimum absolute atomic E-state index is 0.386. The maximum absolute atomic E-state index is 12.5. The smallest absolute Gasteiger partial charge is 0.411 e. The molecule has 0 aliphatic carbocycles. The Morgan fingerprint density at radius 1 is 1.03 bits per heavy atom. The monoisotopic (exact) mass is 514 g/mol. The van der Waals surface area contributed by atoms with E-state index in [4.69, 9.17) is 15.2 Å². The van der Waals surface area contributed by atoms with E-state index in [1.165, 1.54) is 19.3 Å². The number of carbonyl (C=O) groups is 1. The molecule has 4 N–H and O–H groups in total. The van der Waals surface area contributed by atoms with Gasteiger partial charge >= 0.3 is 6.09 Å². The van der Waals surface area contributed by atoms with E-state index >= 15 is 0 Å². The van der Waals surface area contributed by atoms with Crippen LogP contribution in [0.1, 0.15) is 31.2 Å². The normalized spacial score (nSPS) is 13.8. The molecule has 3 heterocycles. The fourth-order valence-corrected chi connectivity index (χ4v) is 4.72. The number of para-hydroxylation sites is 1. The second-order valence-corrected chi connectivity index (χ2v) is 9.52. The fraction of sp³-hybridized carbons (Fsp3) is 0.310.